The van der Waals surface area contributed by atoms with Gasteiger partial charge in [-0.3, -0.25) is 4.79 Å². The summed E-state index contributed by atoms with van der Waals surface area (Å²) in [6.45, 7) is 1.33. The molecule has 0 radical (unpaired) electrons. The molecule has 14 heavy (non-hydrogen) atoms. The van der Waals surface area contributed by atoms with Crippen molar-refractivity contribution in [2.75, 3.05) is 13.1 Å². The molecule has 3 N–H and O–H groups in total. The number of amides is 1. The van der Waals surface area contributed by atoms with Crippen LogP contribution in [0.4, 0.5) is 0 Å². The van der Waals surface area contributed by atoms with Crippen LogP contribution in [0, 0.1) is 11.3 Å². The van der Waals surface area contributed by atoms with Gasteiger partial charge in [0.1, 0.15) is 0 Å². The highest BCUT2D eigenvalue weighted by atomic mass is 16.1. The quantitative estimate of drug-likeness (QED) is 0.568. The maximum absolute atomic E-state index is 11.1. The van der Waals surface area contributed by atoms with Gasteiger partial charge in [0, 0.05) is 19.4 Å². The van der Waals surface area contributed by atoms with Gasteiger partial charge in [-0.2, -0.15) is 5.26 Å². The SMILES string of the molecule is N#CCCCCNC(=O)CCCCN. The van der Waals surface area contributed by atoms with E-state index in [1.54, 1.807) is 0 Å². The molecular weight excluding hydrogens is 178 g/mol. The van der Waals surface area contributed by atoms with Crippen molar-refractivity contribution in [3.8, 4) is 6.07 Å². The fraction of sp³-hybridized carbons (Fsp3) is 0.800. The topological polar surface area (TPSA) is 78.9 Å². The zero-order valence-corrected chi connectivity index (χ0v) is 8.59. The van der Waals surface area contributed by atoms with Crippen LogP contribution in [-0.4, -0.2) is 19.0 Å². The largest absolute Gasteiger partial charge is 0.356 e. The number of nitrogens with zero attached hydrogens (tertiary/aromatic N) is 1. The summed E-state index contributed by atoms with van der Waals surface area (Å²) < 4.78 is 0. The van der Waals surface area contributed by atoms with Gasteiger partial charge in [0.25, 0.3) is 0 Å². The molecule has 0 rings (SSSR count). The predicted molar refractivity (Wildman–Crippen MR) is 55.4 cm³/mol. The van der Waals surface area contributed by atoms with E-state index < -0.39 is 0 Å². The molecule has 0 saturated heterocycles. The highest BCUT2D eigenvalue weighted by Gasteiger charge is 1.98. The smallest absolute Gasteiger partial charge is 0.219 e. The second-order valence-corrected chi connectivity index (χ2v) is 3.21. The number of hydrogen-bond donors (Lipinski definition) is 2. The summed E-state index contributed by atoms with van der Waals surface area (Å²) in [5.41, 5.74) is 5.31. The van der Waals surface area contributed by atoms with Crippen LogP contribution in [0.5, 0.6) is 0 Å². The second-order valence-electron chi connectivity index (χ2n) is 3.21. The van der Waals surface area contributed by atoms with Crippen LogP contribution in [0.2, 0.25) is 0 Å². The van der Waals surface area contributed by atoms with Gasteiger partial charge in [-0.1, -0.05) is 0 Å². The molecule has 0 aromatic rings. The predicted octanol–water partition coefficient (Wildman–Crippen LogP) is 0.925. The zero-order valence-electron chi connectivity index (χ0n) is 8.59. The molecule has 80 valence electrons. The minimum Gasteiger partial charge on any atom is -0.356 e. The number of nitrogens with two attached hydrogens (primary N) is 1. The third-order valence-corrected chi connectivity index (χ3v) is 1.90. The molecule has 0 heterocycles. The highest BCUT2D eigenvalue weighted by molar-refractivity contribution is 5.75. The van der Waals surface area contributed by atoms with E-state index in [0.717, 1.165) is 25.7 Å². The maximum atomic E-state index is 11.1. The van der Waals surface area contributed by atoms with Crippen LogP contribution in [-0.2, 0) is 4.79 Å². The van der Waals surface area contributed by atoms with Crippen LogP contribution in [0.1, 0.15) is 38.5 Å². The summed E-state index contributed by atoms with van der Waals surface area (Å²) in [7, 11) is 0. The molecular formula is C10H19N3O. The van der Waals surface area contributed by atoms with Gasteiger partial charge in [-0.15, -0.1) is 0 Å². The molecule has 0 saturated carbocycles. The number of carbonyl (C=O) groups excluding carboxylic acids is 1. The standard InChI is InChI=1S/C10H19N3O/c11-7-3-1-5-9-13-10(14)6-2-4-8-12/h1-6,8-9,12H2,(H,13,14). The van der Waals surface area contributed by atoms with E-state index in [1.807, 2.05) is 0 Å². The number of carbonyl (C=O) groups is 1. The van der Waals surface area contributed by atoms with Crippen molar-refractivity contribution in [1.82, 2.24) is 5.32 Å². The minimum atomic E-state index is 0.0930. The van der Waals surface area contributed by atoms with E-state index in [2.05, 4.69) is 11.4 Å². The van der Waals surface area contributed by atoms with Crippen molar-refractivity contribution >= 4 is 5.91 Å². The number of hydrogen-bond acceptors (Lipinski definition) is 3. The second kappa shape index (κ2) is 10.0. The van der Waals surface area contributed by atoms with Crippen LogP contribution in [0.3, 0.4) is 0 Å². The van der Waals surface area contributed by atoms with Gasteiger partial charge >= 0.3 is 0 Å². The summed E-state index contributed by atoms with van der Waals surface area (Å²) >= 11 is 0. The van der Waals surface area contributed by atoms with Gasteiger partial charge in [-0.05, 0) is 32.2 Å². The molecule has 0 atom stereocenters. The lowest BCUT2D eigenvalue weighted by Crippen LogP contribution is -2.24. The first kappa shape index (κ1) is 12.9. The lowest BCUT2D eigenvalue weighted by atomic mass is 10.2. The normalized spacial score (nSPS) is 9.43. The molecule has 4 heteroatoms. The Labute approximate surface area is 85.5 Å². The first-order chi connectivity index (χ1) is 6.81. The average molecular weight is 197 g/mol. The molecule has 0 aliphatic carbocycles. The molecule has 0 aromatic carbocycles. The molecule has 0 unspecified atom stereocenters. The zero-order chi connectivity index (χ0) is 10.6. The van der Waals surface area contributed by atoms with E-state index in [9.17, 15) is 4.79 Å². The Kier molecular flexibility index (Phi) is 9.23. The molecule has 4 nitrogen and oxygen atoms in total. The van der Waals surface area contributed by atoms with E-state index in [4.69, 9.17) is 11.0 Å². The third kappa shape index (κ3) is 9.01. The monoisotopic (exact) mass is 197 g/mol. The van der Waals surface area contributed by atoms with E-state index in [-0.39, 0.29) is 5.91 Å². The fourth-order valence-corrected chi connectivity index (χ4v) is 1.08. The van der Waals surface area contributed by atoms with Crippen LogP contribution >= 0.6 is 0 Å². The Hall–Kier alpha value is -1.08. The van der Waals surface area contributed by atoms with Crippen LogP contribution < -0.4 is 11.1 Å². The molecule has 1 amide bonds. The van der Waals surface area contributed by atoms with Gasteiger partial charge < -0.3 is 11.1 Å². The molecule has 0 aromatic heterocycles. The van der Waals surface area contributed by atoms with Crippen LogP contribution in [0.15, 0.2) is 0 Å². The van der Waals surface area contributed by atoms with Crippen molar-refractivity contribution in [1.29, 1.82) is 5.26 Å². The highest BCUT2D eigenvalue weighted by Crippen LogP contribution is 1.95. The Balaban J connectivity index is 3.15. The lowest BCUT2D eigenvalue weighted by molar-refractivity contribution is -0.121. The first-order valence-electron chi connectivity index (χ1n) is 5.15. The van der Waals surface area contributed by atoms with Crippen molar-refractivity contribution < 1.29 is 4.79 Å². The van der Waals surface area contributed by atoms with Crippen molar-refractivity contribution in [2.24, 2.45) is 5.73 Å². The summed E-state index contributed by atoms with van der Waals surface area (Å²) in [5, 5.41) is 11.1. The van der Waals surface area contributed by atoms with E-state index in [0.29, 0.717) is 25.9 Å². The molecule has 0 fully saturated rings. The van der Waals surface area contributed by atoms with Gasteiger partial charge in [0.15, 0.2) is 0 Å². The lowest BCUT2D eigenvalue weighted by Gasteiger charge is -2.03. The minimum absolute atomic E-state index is 0.0930. The Bertz CT molecular complexity index is 186. The first-order valence-corrected chi connectivity index (χ1v) is 5.15. The summed E-state index contributed by atoms with van der Waals surface area (Å²) in [6.07, 6.45) is 4.65. The molecule has 0 aliphatic heterocycles. The summed E-state index contributed by atoms with van der Waals surface area (Å²) in [6, 6.07) is 2.07. The third-order valence-electron chi connectivity index (χ3n) is 1.90. The molecule has 0 bridgehead atoms. The van der Waals surface area contributed by atoms with Gasteiger partial charge in [0.2, 0.25) is 5.91 Å². The molecule has 0 aliphatic rings. The Morgan fingerprint density at radius 1 is 1.29 bits per heavy atom. The average Bonchev–Trinajstić information content (AvgIpc) is 2.18. The number of nitrogens with one attached hydrogen (secondary N) is 1. The maximum Gasteiger partial charge on any atom is 0.219 e. The number of unbranched alkanes of at least 4 members (excludes halogenated alkanes) is 3. The van der Waals surface area contributed by atoms with E-state index in [1.165, 1.54) is 0 Å². The Morgan fingerprint density at radius 2 is 2.07 bits per heavy atom. The van der Waals surface area contributed by atoms with E-state index >= 15 is 0 Å². The van der Waals surface area contributed by atoms with Crippen molar-refractivity contribution in [2.45, 2.75) is 38.5 Å². The number of nitriles is 1. The van der Waals surface area contributed by atoms with Crippen molar-refractivity contribution in [3.63, 3.8) is 0 Å². The van der Waals surface area contributed by atoms with Crippen molar-refractivity contribution in [3.05, 3.63) is 0 Å². The Morgan fingerprint density at radius 3 is 2.71 bits per heavy atom. The summed E-state index contributed by atoms with van der Waals surface area (Å²) in [5.74, 6) is 0.0930. The molecule has 0 spiro atoms. The van der Waals surface area contributed by atoms with Gasteiger partial charge in [-0.25, -0.2) is 0 Å². The van der Waals surface area contributed by atoms with Gasteiger partial charge in [0.05, 0.1) is 6.07 Å². The fourth-order valence-electron chi connectivity index (χ4n) is 1.08. The summed E-state index contributed by atoms with van der Waals surface area (Å²) in [4.78, 5) is 11.1. The van der Waals surface area contributed by atoms with Crippen LogP contribution in [0.25, 0.3) is 0 Å². The number of rotatable bonds is 8.